The van der Waals surface area contributed by atoms with E-state index < -0.39 is 17.7 Å². The lowest BCUT2D eigenvalue weighted by molar-refractivity contribution is -0.132. The van der Waals surface area contributed by atoms with Gasteiger partial charge in [-0.2, -0.15) is 0 Å². The number of Topliss-reactive ketones (excluding diaryl/α,β-unsaturated/α-hetero) is 1. The van der Waals surface area contributed by atoms with Crippen LogP contribution in [0.2, 0.25) is 0 Å². The summed E-state index contributed by atoms with van der Waals surface area (Å²) < 4.78 is 6.28. The van der Waals surface area contributed by atoms with E-state index in [4.69, 9.17) is 9.72 Å². The molecule has 0 aliphatic carbocycles. The highest BCUT2D eigenvalue weighted by molar-refractivity contribution is 7.22. The van der Waals surface area contributed by atoms with Gasteiger partial charge in [0.25, 0.3) is 5.78 Å². The smallest absolute Gasteiger partial charge is 0.301 e. The summed E-state index contributed by atoms with van der Waals surface area (Å²) in [6, 6.07) is 18.1. The van der Waals surface area contributed by atoms with Gasteiger partial charge in [-0.15, -0.1) is 0 Å². The number of rotatable bonds is 5. The van der Waals surface area contributed by atoms with E-state index in [1.165, 1.54) is 21.8 Å². The fraction of sp³-hybridized carbons (Fsp3) is 0.233. The van der Waals surface area contributed by atoms with E-state index in [1.807, 2.05) is 50.2 Å². The van der Waals surface area contributed by atoms with Crippen molar-refractivity contribution in [1.29, 1.82) is 0 Å². The predicted octanol–water partition coefficient (Wildman–Crippen LogP) is 6.67. The molecule has 0 radical (unpaired) electrons. The number of carbonyl (C=O) groups is 2. The van der Waals surface area contributed by atoms with Gasteiger partial charge in [0.15, 0.2) is 5.13 Å². The van der Waals surface area contributed by atoms with Crippen molar-refractivity contribution in [2.75, 3.05) is 12.0 Å². The molecule has 0 saturated carbocycles. The first-order chi connectivity index (χ1) is 17.7. The van der Waals surface area contributed by atoms with Crippen LogP contribution in [0.15, 0.2) is 66.2 Å². The maximum atomic E-state index is 13.5. The summed E-state index contributed by atoms with van der Waals surface area (Å²) in [5, 5.41) is 11.8. The van der Waals surface area contributed by atoms with Crippen LogP contribution in [-0.2, 0) is 9.59 Å². The quantitative estimate of drug-likeness (QED) is 0.183. The van der Waals surface area contributed by atoms with Crippen LogP contribution in [0.4, 0.5) is 5.13 Å². The highest BCUT2D eigenvalue weighted by Gasteiger charge is 2.48. The first-order valence-corrected chi connectivity index (χ1v) is 12.9. The predicted molar refractivity (Wildman–Crippen MR) is 147 cm³/mol. The van der Waals surface area contributed by atoms with E-state index in [0.717, 1.165) is 26.9 Å². The largest absolute Gasteiger partial charge is 0.507 e. The highest BCUT2D eigenvalue weighted by atomic mass is 32.1. The molecule has 6 nitrogen and oxygen atoms in total. The number of hydrogen-bond donors (Lipinski definition) is 1. The van der Waals surface area contributed by atoms with Crippen molar-refractivity contribution in [1.82, 2.24) is 4.98 Å². The molecule has 1 atom stereocenters. The molecule has 4 aromatic rings. The van der Waals surface area contributed by atoms with Crippen LogP contribution < -0.4 is 9.64 Å². The Kier molecular flexibility index (Phi) is 6.33. The Morgan fingerprint density at radius 1 is 1.05 bits per heavy atom. The third kappa shape index (κ3) is 4.29. The molecule has 1 N–H and O–H groups in total. The topological polar surface area (TPSA) is 79.7 Å². The number of benzene rings is 3. The molecule has 1 fully saturated rings. The fourth-order valence-electron chi connectivity index (χ4n) is 4.76. The van der Waals surface area contributed by atoms with Crippen molar-refractivity contribution < 1.29 is 19.4 Å². The number of ether oxygens (including phenoxy) is 1. The molecular formula is C30H28N2O4S. The molecule has 188 valence electrons. The van der Waals surface area contributed by atoms with E-state index in [-0.39, 0.29) is 11.3 Å². The second-order valence-electron chi connectivity index (χ2n) is 9.65. The van der Waals surface area contributed by atoms with Crippen LogP contribution >= 0.6 is 11.3 Å². The molecule has 3 aromatic carbocycles. The number of aryl methyl sites for hydroxylation is 2. The van der Waals surface area contributed by atoms with Crippen molar-refractivity contribution in [2.24, 2.45) is 0 Å². The number of methoxy groups -OCH3 is 1. The molecule has 37 heavy (non-hydrogen) atoms. The summed E-state index contributed by atoms with van der Waals surface area (Å²) >= 11 is 1.37. The number of hydrogen-bond acceptors (Lipinski definition) is 6. The number of thiazole rings is 1. The second kappa shape index (κ2) is 9.48. The maximum absolute atomic E-state index is 13.5. The summed E-state index contributed by atoms with van der Waals surface area (Å²) in [6.07, 6.45) is 0. The summed E-state index contributed by atoms with van der Waals surface area (Å²) in [5.74, 6) is -0.644. The van der Waals surface area contributed by atoms with Gasteiger partial charge in [-0.25, -0.2) is 4.98 Å². The standard InChI is InChI=1S/C30H28N2O4S/c1-16(2)19-9-11-22-24(15-19)37-30(31-22)32-26(20-8-6-7-17(3)13-20)25(28(34)29(32)35)27(33)21-10-12-23(36-5)18(4)14-21/h6-16,26,33H,1-5H3/b27-25+. The molecule has 0 spiro atoms. The average Bonchev–Trinajstić information content (AvgIpc) is 3.41. The number of aliphatic hydroxyl groups excluding tert-OH is 1. The van der Waals surface area contributed by atoms with Crippen molar-refractivity contribution >= 4 is 44.1 Å². The van der Waals surface area contributed by atoms with Crippen LogP contribution in [0.5, 0.6) is 5.75 Å². The average molecular weight is 513 g/mol. The number of carbonyl (C=O) groups excluding carboxylic acids is 2. The molecule has 1 unspecified atom stereocenters. The van der Waals surface area contributed by atoms with Gasteiger partial charge in [0.1, 0.15) is 11.5 Å². The lowest BCUT2D eigenvalue weighted by Gasteiger charge is -2.23. The van der Waals surface area contributed by atoms with Crippen LogP contribution in [0.1, 0.15) is 53.6 Å². The lowest BCUT2D eigenvalue weighted by Crippen LogP contribution is -2.29. The summed E-state index contributed by atoms with van der Waals surface area (Å²) in [6.45, 7) is 8.06. The number of amides is 1. The molecule has 1 aliphatic rings. The minimum Gasteiger partial charge on any atom is -0.507 e. The minimum atomic E-state index is -0.813. The minimum absolute atomic E-state index is 0.0438. The van der Waals surface area contributed by atoms with E-state index in [1.54, 1.807) is 25.3 Å². The van der Waals surface area contributed by atoms with Crippen molar-refractivity contribution in [3.8, 4) is 5.75 Å². The number of fused-ring (bicyclic) bond motifs is 1. The van der Waals surface area contributed by atoms with Gasteiger partial charge in [0.05, 0.1) is 28.9 Å². The van der Waals surface area contributed by atoms with Crippen LogP contribution in [0, 0.1) is 13.8 Å². The molecule has 1 saturated heterocycles. The van der Waals surface area contributed by atoms with Gasteiger partial charge < -0.3 is 9.84 Å². The monoisotopic (exact) mass is 512 g/mol. The summed E-state index contributed by atoms with van der Waals surface area (Å²) in [4.78, 5) is 33.2. The summed E-state index contributed by atoms with van der Waals surface area (Å²) in [7, 11) is 1.58. The Morgan fingerprint density at radius 3 is 2.51 bits per heavy atom. The first kappa shape index (κ1) is 24.7. The Morgan fingerprint density at radius 2 is 1.84 bits per heavy atom. The van der Waals surface area contributed by atoms with Crippen LogP contribution in [0.25, 0.3) is 16.0 Å². The number of anilines is 1. The first-order valence-electron chi connectivity index (χ1n) is 12.1. The Bertz CT molecular complexity index is 1580. The fourth-order valence-corrected chi connectivity index (χ4v) is 5.80. The zero-order chi connectivity index (χ0) is 26.4. The number of ketones is 1. The van der Waals surface area contributed by atoms with Crippen molar-refractivity contribution in [3.05, 3.63) is 94.1 Å². The van der Waals surface area contributed by atoms with Gasteiger partial charge in [-0.3, -0.25) is 14.5 Å². The summed E-state index contributed by atoms with van der Waals surface area (Å²) in [5.41, 5.74) is 4.94. The van der Waals surface area contributed by atoms with Crippen molar-refractivity contribution in [3.63, 3.8) is 0 Å². The van der Waals surface area contributed by atoms with Gasteiger partial charge in [0, 0.05) is 5.56 Å². The molecule has 1 amide bonds. The highest BCUT2D eigenvalue weighted by Crippen LogP contribution is 2.45. The third-order valence-electron chi connectivity index (χ3n) is 6.74. The molecule has 5 rings (SSSR count). The van der Waals surface area contributed by atoms with E-state index in [2.05, 4.69) is 19.9 Å². The van der Waals surface area contributed by atoms with Crippen LogP contribution in [0.3, 0.4) is 0 Å². The van der Waals surface area contributed by atoms with Gasteiger partial charge in [0.2, 0.25) is 0 Å². The molecule has 0 bridgehead atoms. The van der Waals surface area contributed by atoms with E-state index in [0.29, 0.717) is 22.4 Å². The SMILES string of the molecule is COc1ccc(/C(O)=C2\C(=O)C(=O)N(c3nc4ccc(C(C)C)cc4s3)C2c2cccc(C)c2)cc1C. The Hall–Kier alpha value is -3.97. The molecule has 1 aromatic heterocycles. The number of aromatic nitrogens is 1. The third-order valence-corrected chi connectivity index (χ3v) is 7.76. The molecule has 2 heterocycles. The van der Waals surface area contributed by atoms with E-state index in [9.17, 15) is 14.7 Å². The zero-order valence-corrected chi connectivity index (χ0v) is 22.2. The number of nitrogens with zero attached hydrogens (tertiary/aromatic N) is 2. The molecule has 7 heteroatoms. The second-order valence-corrected chi connectivity index (χ2v) is 10.7. The zero-order valence-electron chi connectivity index (χ0n) is 21.4. The lowest BCUT2D eigenvalue weighted by atomic mass is 9.94. The number of aliphatic hydroxyl groups is 1. The van der Waals surface area contributed by atoms with Gasteiger partial charge in [-0.05, 0) is 66.8 Å². The maximum Gasteiger partial charge on any atom is 0.301 e. The Balaban J connectivity index is 1.71. The van der Waals surface area contributed by atoms with Crippen LogP contribution in [-0.4, -0.2) is 28.9 Å². The van der Waals surface area contributed by atoms with Gasteiger partial charge in [-0.1, -0.05) is 61.1 Å². The van der Waals surface area contributed by atoms with Gasteiger partial charge >= 0.3 is 5.91 Å². The molecule has 1 aliphatic heterocycles. The Labute approximate surface area is 219 Å². The normalized spacial score (nSPS) is 17.2. The molecular weight excluding hydrogens is 484 g/mol. The van der Waals surface area contributed by atoms with E-state index >= 15 is 0 Å². The van der Waals surface area contributed by atoms with Crippen molar-refractivity contribution in [2.45, 2.75) is 39.7 Å².